The summed E-state index contributed by atoms with van der Waals surface area (Å²) in [5, 5.41) is 1.96. The Balaban J connectivity index is 1.65. The second kappa shape index (κ2) is 7.97. The molecule has 31 heavy (non-hydrogen) atoms. The zero-order chi connectivity index (χ0) is 22.8. The molecule has 2 saturated heterocycles. The molecule has 2 aliphatic heterocycles. The minimum atomic E-state index is -1.93. The molecule has 2 aliphatic rings. The fourth-order valence-corrected chi connectivity index (χ4v) is 5.45. The molecule has 0 N–H and O–H groups in total. The largest absolute Gasteiger partial charge is 0.414 e. The van der Waals surface area contributed by atoms with Crippen molar-refractivity contribution in [2.24, 2.45) is 0 Å². The smallest absolute Gasteiger partial charge is 0.192 e. The molecule has 0 saturated carbocycles. The van der Waals surface area contributed by atoms with Gasteiger partial charge in [0.25, 0.3) is 0 Å². The molecule has 0 spiro atoms. The van der Waals surface area contributed by atoms with Crippen molar-refractivity contribution >= 4 is 42.7 Å². The van der Waals surface area contributed by atoms with Gasteiger partial charge in [0, 0.05) is 6.20 Å². The van der Waals surface area contributed by atoms with E-state index in [9.17, 15) is 0 Å². The molecule has 0 amide bonds. The molecule has 2 aromatic rings. The first-order chi connectivity index (χ1) is 14.3. The van der Waals surface area contributed by atoms with E-state index in [1.54, 1.807) is 0 Å². The maximum atomic E-state index is 6.50. The monoisotopic (exact) mass is 485 g/mol. The van der Waals surface area contributed by atoms with Crippen molar-refractivity contribution in [3.05, 3.63) is 17.4 Å². The van der Waals surface area contributed by atoms with E-state index in [-0.39, 0.29) is 23.4 Å². The second-order valence-electron chi connectivity index (χ2n) is 10.2. The van der Waals surface area contributed by atoms with Crippen molar-refractivity contribution in [2.75, 3.05) is 12.9 Å². The number of rotatable bonds is 5. The third-order valence-electron chi connectivity index (χ3n) is 6.50. The fourth-order valence-electron chi connectivity index (χ4n) is 3.80. The minimum Gasteiger partial charge on any atom is -0.414 e. The summed E-state index contributed by atoms with van der Waals surface area (Å²) in [6.07, 6.45) is 2.74. The molecule has 4 atom stereocenters. The quantitative estimate of drug-likeness (QED) is 0.248. The van der Waals surface area contributed by atoms with Crippen LogP contribution < -0.4 is 0 Å². The highest BCUT2D eigenvalue weighted by Gasteiger charge is 2.56. The third kappa shape index (κ3) is 4.30. The first-order valence-corrected chi connectivity index (χ1v) is 15.1. The Morgan fingerprint density at radius 3 is 2.55 bits per heavy atom. The molecule has 0 unspecified atom stereocenters. The van der Waals surface area contributed by atoms with Crippen LogP contribution in [0.15, 0.2) is 17.4 Å². The lowest BCUT2D eigenvalue weighted by molar-refractivity contribution is -0.199. The molecular weight excluding hydrogens is 454 g/mol. The highest BCUT2D eigenvalue weighted by atomic mass is 35.5. The third-order valence-corrected chi connectivity index (χ3v) is 11.8. The zero-order valence-corrected chi connectivity index (χ0v) is 22.0. The average molecular weight is 486 g/mol. The Labute approximate surface area is 194 Å². The zero-order valence-electron chi connectivity index (χ0n) is 19.4. The Hall–Kier alpha value is -0.683. The van der Waals surface area contributed by atoms with Crippen molar-refractivity contribution in [2.45, 2.75) is 88.2 Å². The van der Waals surface area contributed by atoms with Gasteiger partial charge in [-0.3, -0.25) is 0 Å². The van der Waals surface area contributed by atoms with Crippen LogP contribution in [0.3, 0.4) is 0 Å². The molecule has 2 aromatic heterocycles. The number of aromatic nitrogens is 3. The summed E-state index contributed by atoms with van der Waals surface area (Å²) in [7, 11) is -1.93. The first-order valence-electron chi connectivity index (χ1n) is 10.6. The van der Waals surface area contributed by atoms with Crippen LogP contribution in [-0.2, 0) is 18.6 Å². The summed E-state index contributed by atoms with van der Waals surface area (Å²) >= 11 is 7.85. The molecule has 0 radical (unpaired) electrons. The molecule has 10 heteroatoms. The van der Waals surface area contributed by atoms with Gasteiger partial charge in [0.2, 0.25) is 0 Å². The SMILES string of the molecule is CSc1nc(Cl)c2ccn([C@@H]3O[C@H](CO[Si](C)(C)C(C)(C)C)[C@H]4OC(C)(C)O[C@H]43)c2n1. The van der Waals surface area contributed by atoms with Crippen molar-refractivity contribution < 1.29 is 18.6 Å². The van der Waals surface area contributed by atoms with Crippen LogP contribution in [0.5, 0.6) is 0 Å². The van der Waals surface area contributed by atoms with E-state index < -0.39 is 20.3 Å². The van der Waals surface area contributed by atoms with Crippen molar-refractivity contribution in [1.29, 1.82) is 0 Å². The summed E-state index contributed by atoms with van der Waals surface area (Å²) in [6, 6.07) is 1.92. The fraction of sp³-hybridized carbons (Fsp3) is 0.714. The van der Waals surface area contributed by atoms with Gasteiger partial charge in [-0.15, -0.1) is 0 Å². The first kappa shape index (κ1) is 23.5. The van der Waals surface area contributed by atoms with E-state index in [4.69, 9.17) is 30.2 Å². The van der Waals surface area contributed by atoms with E-state index in [1.807, 2.05) is 36.9 Å². The van der Waals surface area contributed by atoms with E-state index in [0.29, 0.717) is 16.9 Å². The standard InChI is InChI=1S/C21H32ClN3O4SSi/c1-20(2,3)31(7,8)26-11-13-14-15(29-21(4,5)28-14)18(27-13)25-10-9-12-16(22)23-19(30-6)24-17(12)25/h9-10,13-15,18H,11H2,1-8H3/t13-,14-,15-,18-/m1/s1. The summed E-state index contributed by atoms with van der Waals surface area (Å²) in [5.41, 5.74) is 0.729. The van der Waals surface area contributed by atoms with E-state index in [1.165, 1.54) is 11.8 Å². The lowest BCUT2D eigenvalue weighted by atomic mass is 10.1. The molecule has 7 nitrogen and oxygen atoms in total. The number of nitrogens with zero attached hydrogens (tertiary/aromatic N) is 3. The van der Waals surface area contributed by atoms with Crippen LogP contribution in [0.4, 0.5) is 0 Å². The number of thioether (sulfide) groups is 1. The molecule has 0 aromatic carbocycles. The molecular formula is C21H32ClN3O4SSi. The average Bonchev–Trinajstić information content (AvgIpc) is 3.30. The molecule has 172 valence electrons. The maximum Gasteiger partial charge on any atom is 0.192 e. The van der Waals surface area contributed by atoms with Gasteiger partial charge < -0.3 is 23.2 Å². The predicted molar refractivity (Wildman–Crippen MR) is 125 cm³/mol. The Kier molecular flexibility index (Phi) is 6.03. The van der Waals surface area contributed by atoms with Gasteiger partial charge in [-0.05, 0) is 44.3 Å². The van der Waals surface area contributed by atoms with Gasteiger partial charge in [0.15, 0.2) is 25.5 Å². The van der Waals surface area contributed by atoms with Crippen LogP contribution >= 0.6 is 23.4 Å². The van der Waals surface area contributed by atoms with Crippen molar-refractivity contribution in [3.63, 3.8) is 0 Å². The molecule has 0 bridgehead atoms. The summed E-state index contributed by atoms with van der Waals surface area (Å²) in [6.45, 7) is 15.5. The minimum absolute atomic E-state index is 0.120. The van der Waals surface area contributed by atoms with Gasteiger partial charge >= 0.3 is 0 Å². The van der Waals surface area contributed by atoms with Crippen LogP contribution in [0.1, 0.15) is 40.8 Å². The number of ether oxygens (including phenoxy) is 3. The van der Waals surface area contributed by atoms with Crippen LogP contribution in [0.2, 0.25) is 23.3 Å². The Morgan fingerprint density at radius 2 is 1.90 bits per heavy atom. The highest BCUT2D eigenvalue weighted by Crippen LogP contribution is 2.45. The van der Waals surface area contributed by atoms with E-state index in [0.717, 1.165) is 11.0 Å². The Morgan fingerprint density at radius 1 is 1.23 bits per heavy atom. The van der Waals surface area contributed by atoms with E-state index in [2.05, 4.69) is 43.8 Å². The summed E-state index contributed by atoms with van der Waals surface area (Å²) in [5.74, 6) is -0.688. The van der Waals surface area contributed by atoms with Crippen LogP contribution in [-0.4, -0.2) is 59.8 Å². The number of hydrogen-bond acceptors (Lipinski definition) is 7. The van der Waals surface area contributed by atoms with E-state index >= 15 is 0 Å². The summed E-state index contributed by atoms with van der Waals surface area (Å²) in [4.78, 5) is 9.02. The predicted octanol–water partition coefficient (Wildman–Crippen LogP) is 5.25. The van der Waals surface area contributed by atoms with Gasteiger partial charge in [0.05, 0.1) is 12.0 Å². The molecule has 4 rings (SSSR count). The molecule has 0 aliphatic carbocycles. The second-order valence-corrected chi connectivity index (χ2v) is 16.1. The van der Waals surface area contributed by atoms with Gasteiger partial charge in [-0.25, -0.2) is 9.97 Å². The van der Waals surface area contributed by atoms with Gasteiger partial charge in [0.1, 0.15) is 29.1 Å². The molecule has 2 fully saturated rings. The highest BCUT2D eigenvalue weighted by molar-refractivity contribution is 7.98. The number of hydrogen-bond donors (Lipinski definition) is 0. The maximum absolute atomic E-state index is 6.50. The van der Waals surface area contributed by atoms with Gasteiger partial charge in [-0.2, -0.15) is 0 Å². The molecule has 4 heterocycles. The number of fused-ring (bicyclic) bond motifs is 2. The van der Waals surface area contributed by atoms with Crippen LogP contribution in [0.25, 0.3) is 11.0 Å². The topological polar surface area (TPSA) is 67.6 Å². The number of halogens is 1. The van der Waals surface area contributed by atoms with Crippen LogP contribution in [0, 0.1) is 0 Å². The Bertz CT molecular complexity index is 977. The van der Waals surface area contributed by atoms with Crippen molar-refractivity contribution in [3.8, 4) is 0 Å². The summed E-state index contributed by atoms with van der Waals surface area (Å²) < 4.78 is 27.5. The van der Waals surface area contributed by atoms with Gasteiger partial charge in [-0.1, -0.05) is 44.1 Å². The normalized spacial score (nSPS) is 28.4. The van der Waals surface area contributed by atoms with Crippen molar-refractivity contribution in [1.82, 2.24) is 14.5 Å². The lowest BCUT2D eigenvalue weighted by Crippen LogP contribution is -2.44. The lowest BCUT2D eigenvalue weighted by Gasteiger charge is -2.37.